The third-order valence-electron chi connectivity index (χ3n) is 1.45. The van der Waals surface area contributed by atoms with Gasteiger partial charge in [-0.15, -0.1) is 11.3 Å². The fourth-order valence-electron chi connectivity index (χ4n) is 0.962. The van der Waals surface area contributed by atoms with Crippen molar-refractivity contribution in [2.24, 2.45) is 0 Å². The maximum Gasteiger partial charge on any atom is 0.159 e. The van der Waals surface area contributed by atoms with Crippen molar-refractivity contribution >= 4 is 39.5 Å². The average Bonchev–Trinajstić information content (AvgIpc) is 2.27. The quantitative estimate of drug-likeness (QED) is 0.420. The average molecular weight is 379 g/mol. The number of H-pyrrole nitrogens is 1. The third kappa shape index (κ3) is 1.78. The van der Waals surface area contributed by atoms with E-state index in [0.717, 1.165) is 19.9 Å². The van der Waals surface area contributed by atoms with E-state index in [4.69, 9.17) is 18.0 Å². The molecule has 2 nitrogen and oxygen atoms in total. The van der Waals surface area contributed by atoms with Crippen LogP contribution in [0.4, 0.5) is 5.69 Å². The van der Waals surface area contributed by atoms with Crippen LogP contribution in [0.25, 0.3) is 10.2 Å². The molecule has 2 rings (SSSR count). The van der Waals surface area contributed by atoms with Crippen LogP contribution in [0.3, 0.4) is 0 Å². The van der Waals surface area contributed by atoms with Gasteiger partial charge in [-0.1, -0.05) is 0 Å². The third-order valence-corrected chi connectivity index (χ3v) is 2.64. The Balaban J connectivity index is 0.000000720. The second-order valence-electron chi connectivity index (χ2n) is 2.27. The zero-order valence-corrected chi connectivity index (χ0v) is 9.73. The standard InChI is InChI=1S/C7H6N2S2.Au/c8-4-1-2-5-6(3-4)11-7(10)9-5;/h1-3H,8H2,(H,9,10);. The van der Waals surface area contributed by atoms with Crippen molar-refractivity contribution in [3.8, 4) is 0 Å². The number of benzene rings is 1. The SMILES string of the molecule is Nc1ccc2[nH]c(=S)sc2c1.[Au]. The summed E-state index contributed by atoms with van der Waals surface area (Å²) in [5.74, 6) is 0. The van der Waals surface area contributed by atoms with Crippen molar-refractivity contribution in [1.29, 1.82) is 0 Å². The minimum absolute atomic E-state index is 0. The van der Waals surface area contributed by atoms with Crippen molar-refractivity contribution < 1.29 is 22.4 Å². The van der Waals surface area contributed by atoms with E-state index >= 15 is 0 Å². The summed E-state index contributed by atoms with van der Waals surface area (Å²) >= 11 is 6.52. The van der Waals surface area contributed by atoms with Gasteiger partial charge in [0.1, 0.15) is 0 Å². The van der Waals surface area contributed by atoms with E-state index in [-0.39, 0.29) is 22.4 Å². The first-order chi connectivity index (χ1) is 5.25. The largest absolute Gasteiger partial charge is 0.399 e. The Bertz CT molecular complexity index is 446. The van der Waals surface area contributed by atoms with Crippen LogP contribution >= 0.6 is 23.6 Å². The summed E-state index contributed by atoms with van der Waals surface area (Å²) in [6.45, 7) is 0. The first-order valence-corrected chi connectivity index (χ1v) is 4.36. The fourth-order valence-corrected chi connectivity index (χ4v) is 2.13. The van der Waals surface area contributed by atoms with Gasteiger partial charge in [0, 0.05) is 28.1 Å². The normalized spacial score (nSPS) is 9.67. The minimum Gasteiger partial charge on any atom is -0.399 e. The predicted octanol–water partition coefficient (Wildman–Crippen LogP) is 2.54. The molecule has 2 aromatic rings. The molecule has 12 heavy (non-hydrogen) atoms. The molecule has 0 atom stereocenters. The Morgan fingerprint density at radius 1 is 1.42 bits per heavy atom. The van der Waals surface area contributed by atoms with Gasteiger partial charge in [0.05, 0.1) is 10.2 Å². The molecule has 1 heterocycles. The summed E-state index contributed by atoms with van der Waals surface area (Å²) in [5, 5.41) is 0. The summed E-state index contributed by atoms with van der Waals surface area (Å²) in [5.41, 5.74) is 7.44. The van der Waals surface area contributed by atoms with Crippen LogP contribution in [-0.2, 0) is 22.4 Å². The van der Waals surface area contributed by atoms with Gasteiger partial charge in [-0.05, 0) is 30.4 Å². The number of rotatable bonds is 0. The topological polar surface area (TPSA) is 41.8 Å². The smallest absolute Gasteiger partial charge is 0.159 e. The molecule has 0 unspecified atom stereocenters. The molecule has 3 N–H and O–H groups in total. The summed E-state index contributed by atoms with van der Waals surface area (Å²) in [6.07, 6.45) is 0. The van der Waals surface area contributed by atoms with Crippen molar-refractivity contribution in [3.63, 3.8) is 0 Å². The number of hydrogen-bond donors (Lipinski definition) is 2. The van der Waals surface area contributed by atoms with Gasteiger partial charge in [0.2, 0.25) is 0 Å². The molecule has 0 aliphatic heterocycles. The van der Waals surface area contributed by atoms with E-state index in [2.05, 4.69) is 4.98 Å². The van der Waals surface area contributed by atoms with E-state index in [0.29, 0.717) is 0 Å². The number of nitrogens with two attached hydrogens (primary N) is 1. The monoisotopic (exact) mass is 379 g/mol. The summed E-state index contributed by atoms with van der Waals surface area (Å²) < 4.78 is 1.92. The van der Waals surface area contributed by atoms with Crippen LogP contribution < -0.4 is 5.73 Å². The molecular weight excluding hydrogens is 373 g/mol. The summed E-state index contributed by atoms with van der Waals surface area (Å²) in [6, 6.07) is 5.73. The van der Waals surface area contributed by atoms with Gasteiger partial charge in [-0.3, -0.25) is 0 Å². The molecule has 0 saturated carbocycles. The summed E-state index contributed by atoms with van der Waals surface area (Å²) in [4.78, 5) is 3.06. The van der Waals surface area contributed by atoms with Gasteiger partial charge in [-0.2, -0.15) is 0 Å². The molecule has 0 spiro atoms. The number of aromatic amines is 1. The molecule has 0 fully saturated rings. The molecule has 1 radical (unpaired) electrons. The van der Waals surface area contributed by atoms with Gasteiger partial charge in [0.25, 0.3) is 0 Å². The zero-order chi connectivity index (χ0) is 7.84. The van der Waals surface area contributed by atoms with Crippen LogP contribution in [0.2, 0.25) is 0 Å². The molecule has 5 heteroatoms. The second-order valence-corrected chi connectivity index (χ2v) is 3.99. The van der Waals surface area contributed by atoms with E-state index in [1.165, 1.54) is 0 Å². The van der Waals surface area contributed by atoms with Gasteiger partial charge in [-0.25, -0.2) is 0 Å². The van der Waals surface area contributed by atoms with E-state index < -0.39 is 0 Å². The van der Waals surface area contributed by atoms with Crippen LogP contribution in [0.1, 0.15) is 0 Å². The van der Waals surface area contributed by atoms with Crippen LogP contribution in [0, 0.1) is 3.95 Å². The molecule has 0 aliphatic rings. The number of nitrogen functional groups attached to an aromatic ring is 1. The van der Waals surface area contributed by atoms with E-state index in [1.54, 1.807) is 11.3 Å². The van der Waals surface area contributed by atoms with Crippen molar-refractivity contribution in [2.45, 2.75) is 0 Å². The Labute approximate surface area is 94.3 Å². The number of aromatic nitrogens is 1. The summed E-state index contributed by atoms with van der Waals surface area (Å²) in [7, 11) is 0. The number of nitrogens with one attached hydrogen (secondary N) is 1. The Morgan fingerprint density at radius 3 is 2.92 bits per heavy atom. The van der Waals surface area contributed by atoms with Crippen LogP contribution in [0.5, 0.6) is 0 Å². The minimum atomic E-state index is 0. The molecule has 0 saturated heterocycles. The first-order valence-electron chi connectivity index (χ1n) is 3.14. The number of anilines is 1. The van der Waals surface area contributed by atoms with Crippen LogP contribution in [0.15, 0.2) is 18.2 Å². The molecule has 67 valence electrons. The fraction of sp³-hybridized carbons (Fsp3) is 0. The second kappa shape index (κ2) is 3.72. The number of fused-ring (bicyclic) bond motifs is 1. The molecule has 1 aromatic heterocycles. The molecule has 0 aliphatic carbocycles. The predicted molar refractivity (Wildman–Crippen MR) is 51.4 cm³/mol. The first kappa shape index (κ1) is 9.95. The van der Waals surface area contributed by atoms with Gasteiger partial charge < -0.3 is 10.7 Å². The van der Waals surface area contributed by atoms with Gasteiger partial charge >= 0.3 is 0 Å². The van der Waals surface area contributed by atoms with E-state index in [1.807, 2.05) is 18.2 Å². The van der Waals surface area contributed by atoms with Crippen molar-refractivity contribution in [1.82, 2.24) is 4.98 Å². The molecule has 0 amide bonds. The molecular formula is C7H6AuN2S2. The van der Waals surface area contributed by atoms with Crippen molar-refractivity contribution in [2.75, 3.05) is 5.73 Å². The van der Waals surface area contributed by atoms with E-state index in [9.17, 15) is 0 Å². The molecule has 0 bridgehead atoms. The number of thiazole rings is 1. The maximum atomic E-state index is 5.59. The van der Waals surface area contributed by atoms with Crippen LogP contribution in [-0.4, -0.2) is 4.98 Å². The Hall–Kier alpha value is -0.130. The Morgan fingerprint density at radius 2 is 2.17 bits per heavy atom. The van der Waals surface area contributed by atoms with Gasteiger partial charge in [0.15, 0.2) is 3.95 Å². The van der Waals surface area contributed by atoms with Crippen molar-refractivity contribution in [3.05, 3.63) is 22.2 Å². The number of hydrogen-bond acceptors (Lipinski definition) is 3. The zero-order valence-electron chi connectivity index (χ0n) is 5.93. The molecule has 1 aromatic carbocycles. The Kier molecular flexibility index (Phi) is 3.09. The maximum absolute atomic E-state index is 5.59.